The van der Waals surface area contributed by atoms with Gasteiger partial charge in [0.25, 0.3) is 11.8 Å². The number of nitrogens with zero attached hydrogens (tertiary/aromatic N) is 2. The average Bonchev–Trinajstić information content (AvgIpc) is 3.41. The number of hydrogen-bond donors (Lipinski definition) is 2. The van der Waals surface area contributed by atoms with Crippen molar-refractivity contribution in [2.75, 3.05) is 0 Å². The molecule has 0 unspecified atom stereocenters. The van der Waals surface area contributed by atoms with Crippen LogP contribution in [-0.2, 0) is 11.3 Å². The van der Waals surface area contributed by atoms with Crippen LogP contribution in [0, 0.1) is 0 Å². The maximum Gasteiger partial charge on any atom is 0.268 e. The lowest BCUT2D eigenvalue weighted by Crippen LogP contribution is -2.34. The number of amides is 2. The van der Waals surface area contributed by atoms with E-state index in [1.165, 1.54) is 0 Å². The third-order valence-electron chi connectivity index (χ3n) is 5.99. The molecule has 0 bridgehead atoms. The van der Waals surface area contributed by atoms with Gasteiger partial charge in [0.15, 0.2) is 0 Å². The second-order valence-corrected chi connectivity index (χ2v) is 9.67. The van der Waals surface area contributed by atoms with E-state index < -0.39 is 11.8 Å². The molecule has 0 aliphatic carbocycles. The number of benzene rings is 4. The number of aromatic nitrogens is 2. The van der Waals surface area contributed by atoms with E-state index in [1.54, 1.807) is 35.0 Å². The van der Waals surface area contributed by atoms with Crippen LogP contribution in [0.5, 0.6) is 0 Å². The van der Waals surface area contributed by atoms with Crippen molar-refractivity contribution >= 4 is 33.8 Å². The molecular formula is C32H25BrN4O2. The summed E-state index contributed by atoms with van der Waals surface area (Å²) in [6.45, 7) is 0.318. The highest BCUT2D eigenvalue weighted by atomic mass is 79.9. The number of nitrogens with one attached hydrogen (secondary N) is 2. The van der Waals surface area contributed by atoms with Gasteiger partial charge in [0.2, 0.25) is 0 Å². The summed E-state index contributed by atoms with van der Waals surface area (Å²) in [6.07, 6.45) is 1.66. The lowest BCUT2D eigenvalue weighted by atomic mass is 10.1. The van der Waals surface area contributed by atoms with Gasteiger partial charge in [0.05, 0.1) is 17.1 Å². The van der Waals surface area contributed by atoms with Crippen molar-refractivity contribution in [1.82, 2.24) is 20.4 Å². The summed E-state index contributed by atoms with van der Waals surface area (Å²) in [5.41, 5.74) is 4.64. The molecule has 5 aromatic rings. The third kappa shape index (κ3) is 6.58. The molecule has 6 nitrogen and oxygen atoms in total. The molecule has 0 aliphatic heterocycles. The summed E-state index contributed by atoms with van der Waals surface area (Å²) in [4.78, 5) is 26.6. The maximum atomic E-state index is 13.4. The van der Waals surface area contributed by atoms with Gasteiger partial charge in [-0.1, -0.05) is 94.8 Å². The maximum absolute atomic E-state index is 13.4. The topological polar surface area (TPSA) is 76.0 Å². The minimum atomic E-state index is -0.411. The average molecular weight is 577 g/mol. The molecule has 1 heterocycles. The minimum absolute atomic E-state index is 0.107. The number of para-hydroxylation sites is 1. The number of carbonyl (C=O) groups excluding carboxylic acids is 2. The molecular weight excluding hydrogens is 552 g/mol. The molecule has 4 aromatic carbocycles. The Morgan fingerprint density at radius 3 is 2.08 bits per heavy atom. The molecule has 39 heavy (non-hydrogen) atoms. The number of hydrogen-bond acceptors (Lipinski definition) is 3. The summed E-state index contributed by atoms with van der Waals surface area (Å²) in [5, 5.41) is 10.6. The first-order valence-electron chi connectivity index (χ1n) is 12.4. The van der Waals surface area contributed by atoms with Crippen LogP contribution >= 0.6 is 15.9 Å². The monoisotopic (exact) mass is 576 g/mol. The molecule has 7 heteroatoms. The van der Waals surface area contributed by atoms with Crippen molar-refractivity contribution in [2.24, 2.45) is 0 Å². The quantitative estimate of drug-likeness (QED) is 0.210. The molecule has 0 fully saturated rings. The van der Waals surface area contributed by atoms with Gasteiger partial charge in [-0.15, -0.1) is 0 Å². The molecule has 0 saturated heterocycles. The van der Waals surface area contributed by atoms with Crippen molar-refractivity contribution < 1.29 is 9.59 Å². The zero-order valence-electron chi connectivity index (χ0n) is 20.9. The van der Waals surface area contributed by atoms with Gasteiger partial charge >= 0.3 is 0 Å². The Morgan fingerprint density at radius 1 is 0.795 bits per heavy atom. The van der Waals surface area contributed by atoms with E-state index >= 15 is 0 Å². The van der Waals surface area contributed by atoms with E-state index in [2.05, 4.69) is 26.6 Å². The predicted octanol–water partition coefficient (Wildman–Crippen LogP) is 6.39. The standard InChI is InChI=1S/C32H25BrN4O2/c33-26-18-16-25(17-19-26)31(38)35-30(32(39)34-22-23-10-4-1-5-11-23)21-28-20-29(24-12-6-2-7-13-24)36-37(28)27-14-8-3-9-15-27/h1-21H,22H2,(H,34,39)(H,35,38)/b30-21-. The summed E-state index contributed by atoms with van der Waals surface area (Å²) >= 11 is 3.39. The van der Waals surface area contributed by atoms with E-state index in [0.717, 1.165) is 27.0 Å². The van der Waals surface area contributed by atoms with Gasteiger partial charge in [-0.2, -0.15) is 5.10 Å². The Labute approximate surface area is 235 Å². The summed E-state index contributed by atoms with van der Waals surface area (Å²) in [5.74, 6) is -0.802. The Hall–Kier alpha value is -4.75. The van der Waals surface area contributed by atoms with Crippen LogP contribution in [0.15, 0.2) is 131 Å². The molecule has 0 aliphatic rings. The van der Waals surface area contributed by atoms with Crippen molar-refractivity contribution in [2.45, 2.75) is 6.54 Å². The van der Waals surface area contributed by atoms with E-state index in [-0.39, 0.29) is 5.70 Å². The highest BCUT2D eigenvalue weighted by Crippen LogP contribution is 2.23. The lowest BCUT2D eigenvalue weighted by Gasteiger charge is -2.12. The van der Waals surface area contributed by atoms with Crippen LogP contribution in [0.25, 0.3) is 23.0 Å². The molecule has 0 atom stereocenters. The SMILES string of the molecule is O=C(NCc1ccccc1)/C(=C/c1cc(-c2ccccc2)nn1-c1ccccc1)NC(=O)c1ccc(Br)cc1. The highest BCUT2D eigenvalue weighted by Gasteiger charge is 2.18. The van der Waals surface area contributed by atoms with Crippen molar-refractivity contribution in [3.63, 3.8) is 0 Å². The van der Waals surface area contributed by atoms with Crippen LogP contribution < -0.4 is 10.6 Å². The lowest BCUT2D eigenvalue weighted by molar-refractivity contribution is -0.117. The molecule has 0 radical (unpaired) electrons. The van der Waals surface area contributed by atoms with Gasteiger partial charge in [-0.3, -0.25) is 9.59 Å². The number of rotatable bonds is 8. The second-order valence-electron chi connectivity index (χ2n) is 8.76. The summed E-state index contributed by atoms with van der Waals surface area (Å²) in [6, 6.07) is 37.9. The zero-order chi connectivity index (χ0) is 27.0. The first-order chi connectivity index (χ1) is 19.1. The van der Waals surface area contributed by atoms with Crippen LogP contribution in [-0.4, -0.2) is 21.6 Å². The van der Waals surface area contributed by atoms with E-state index in [9.17, 15) is 9.59 Å². The van der Waals surface area contributed by atoms with Gasteiger partial charge in [-0.25, -0.2) is 4.68 Å². The molecule has 0 spiro atoms. The highest BCUT2D eigenvalue weighted by molar-refractivity contribution is 9.10. The number of halogens is 1. The van der Waals surface area contributed by atoms with E-state index in [4.69, 9.17) is 5.10 Å². The van der Waals surface area contributed by atoms with Crippen molar-refractivity contribution in [3.8, 4) is 16.9 Å². The molecule has 192 valence electrons. The van der Waals surface area contributed by atoms with E-state index in [0.29, 0.717) is 17.8 Å². The first kappa shape index (κ1) is 25.9. The fourth-order valence-corrected chi connectivity index (χ4v) is 4.26. The Balaban J connectivity index is 1.54. The fraction of sp³-hybridized carbons (Fsp3) is 0.0312. The minimum Gasteiger partial charge on any atom is -0.347 e. The van der Waals surface area contributed by atoms with Crippen LogP contribution in [0.4, 0.5) is 0 Å². The van der Waals surface area contributed by atoms with Crippen molar-refractivity contribution in [1.29, 1.82) is 0 Å². The van der Waals surface area contributed by atoms with Gasteiger partial charge in [0, 0.05) is 22.1 Å². The Morgan fingerprint density at radius 2 is 1.41 bits per heavy atom. The molecule has 2 N–H and O–H groups in total. The molecule has 2 amide bonds. The Bertz CT molecular complexity index is 1600. The number of carbonyl (C=O) groups is 2. The molecule has 0 saturated carbocycles. The third-order valence-corrected chi connectivity index (χ3v) is 6.52. The van der Waals surface area contributed by atoms with E-state index in [1.807, 2.05) is 97.1 Å². The largest absolute Gasteiger partial charge is 0.347 e. The smallest absolute Gasteiger partial charge is 0.268 e. The second kappa shape index (κ2) is 12.2. The normalized spacial score (nSPS) is 11.2. The zero-order valence-corrected chi connectivity index (χ0v) is 22.5. The predicted molar refractivity (Wildman–Crippen MR) is 157 cm³/mol. The Kier molecular flexibility index (Phi) is 8.09. The van der Waals surface area contributed by atoms with Crippen molar-refractivity contribution in [3.05, 3.63) is 148 Å². The molecule has 5 rings (SSSR count). The van der Waals surface area contributed by atoms with Gasteiger partial charge in [-0.05, 0) is 54.1 Å². The van der Waals surface area contributed by atoms with Crippen LogP contribution in [0.2, 0.25) is 0 Å². The van der Waals surface area contributed by atoms with Crippen LogP contribution in [0.3, 0.4) is 0 Å². The first-order valence-corrected chi connectivity index (χ1v) is 13.2. The van der Waals surface area contributed by atoms with Gasteiger partial charge in [0.1, 0.15) is 5.70 Å². The summed E-state index contributed by atoms with van der Waals surface area (Å²) in [7, 11) is 0. The fourth-order valence-electron chi connectivity index (χ4n) is 4.00. The summed E-state index contributed by atoms with van der Waals surface area (Å²) < 4.78 is 2.62. The molecule has 1 aromatic heterocycles. The van der Waals surface area contributed by atoms with Crippen LogP contribution in [0.1, 0.15) is 21.6 Å². The van der Waals surface area contributed by atoms with Gasteiger partial charge < -0.3 is 10.6 Å².